The first-order chi connectivity index (χ1) is 9.66. The lowest BCUT2D eigenvalue weighted by atomic mass is 10.0. The largest absolute Gasteiger partial charge is 0.455 e. The molecule has 106 valence electrons. The highest BCUT2D eigenvalue weighted by Crippen LogP contribution is 2.38. The van der Waals surface area contributed by atoms with E-state index in [-0.39, 0.29) is 24.4 Å². The van der Waals surface area contributed by atoms with Gasteiger partial charge in [0, 0.05) is 12.2 Å². The number of nitrogens with zero attached hydrogens (tertiary/aromatic N) is 1. The van der Waals surface area contributed by atoms with Gasteiger partial charge in [-0.3, -0.25) is 9.59 Å². The molecule has 0 saturated heterocycles. The Morgan fingerprint density at radius 2 is 2.10 bits per heavy atom. The van der Waals surface area contributed by atoms with Gasteiger partial charge < -0.3 is 9.64 Å². The van der Waals surface area contributed by atoms with E-state index in [0.29, 0.717) is 12.5 Å². The second-order valence-electron chi connectivity index (χ2n) is 5.70. The van der Waals surface area contributed by atoms with Crippen LogP contribution in [0, 0.1) is 11.8 Å². The molecule has 0 bridgehead atoms. The summed E-state index contributed by atoms with van der Waals surface area (Å²) in [6.45, 7) is 2.58. The number of fused-ring (bicyclic) bond motifs is 1. The molecule has 1 heterocycles. The summed E-state index contributed by atoms with van der Waals surface area (Å²) in [6, 6.07) is 7.92. The Hall–Kier alpha value is -1.84. The molecule has 2 aliphatic rings. The number of hydrogen-bond acceptors (Lipinski definition) is 3. The van der Waals surface area contributed by atoms with Crippen LogP contribution in [0.1, 0.15) is 25.3 Å². The summed E-state index contributed by atoms with van der Waals surface area (Å²) in [5.41, 5.74) is 2.15. The van der Waals surface area contributed by atoms with E-state index in [9.17, 15) is 9.59 Å². The van der Waals surface area contributed by atoms with Crippen molar-refractivity contribution in [1.29, 1.82) is 0 Å². The van der Waals surface area contributed by atoms with Gasteiger partial charge in [-0.25, -0.2) is 0 Å². The maximum absolute atomic E-state index is 12.2. The van der Waals surface area contributed by atoms with Crippen molar-refractivity contribution in [3.63, 3.8) is 0 Å². The predicted octanol–water partition coefficient (Wildman–Crippen LogP) is 2.17. The van der Waals surface area contributed by atoms with Crippen molar-refractivity contribution in [2.75, 3.05) is 18.1 Å². The third-order valence-corrected chi connectivity index (χ3v) is 4.16. The standard InChI is InChI=1S/C16H19NO3/c1-11-9-13(11)16(19)20-10-15(18)17-8-4-6-12-5-2-3-7-14(12)17/h2-3,5,7,11,13H,4,6,8-10H2,1H3. The summed E-state index contributed by atoms with van der Waals surface area (Å²) < 4.78 is 5.14. The summed E-state index contributed by atoms with van der Waals surface area (Å²) in [6.07, 6.45) is 2.84. The molecule has 3 rings (SSSR count). The lowest BCUT2D eigenvalue weighted by Crippen LogP contribution is -2.38. The molecule has 2 unspecified atom stereocenters. The quantitative estimate of drug-likeness (QED) is 0.793. The van der Waals surface area contributed by atoms with E-state index in [4.69, 9.17) is 4.74 Å². The summed E-state index contributed by atoms with van der Waals surface area (Å²) >= 11 is 0. The Morgan fingerprint density at radius 1 is 1.35 bits per heavy atom. The molecule has 2 atom stereocenters. The average molecular weight is 273 g/mol. The van der Waals surface area contributed by atoms with Crippen molar-refractivity contribution in [3.05, 3.63) is 29.8 Å². The molecule has 1 saturated carbocycles. The monoisotopic (exact) mass is 273 g/mol. The molecule has 1 amide bonds. The highest BCUT2D eigenvalue weighted by molar-refractivity contribution is 5.96. The number of esters is 1. The van der Waals surface area contributed by atoms with Crippen LogP contribution in [0.3, 0.4) is 0 Å². The zero-order valence-corrected chi connectivity index (χ0v) is 11.7. The number of hydrogen-bond donors (Lipinski definition) is 0. The topological polar surface area (TPSA) is 46.6 Å². The lowest BCUT2D eigenvalue weighted by Gasteiger charge is -2.29. The normalized spacial score (nSPS) is 23.9. The number of aryl methyl sites for hydroxylation is 1. The van der Waals surface area contributed by atoms with Crippen molar-refractivity contribution >= 4 is 17.6 Å². The van der Waals surface area contributed by atoms with Gasteiger partial charge in [0.05, 0.1) is 5.92 Å². The molecule has 1 fully saturated rings. The van der Waals surface area contributed by atoms with Crippen LogP contribution in [0.4, 0.5) is 5.69 Å². The summed E-state index contributed by atoms with van der Waals surface area (Å²) in [4.78, 5) is 25.6. The van der Waals surface area contributed by atoms with Crippen LogP contribution in [0.5, 0.6) is 0 Å². The van der Waals surface area contributed by atoms with Gasteiger partial charge in [0.25, 0.3) is 5.91 Å². The minimum absolute atomic E-state index is 0.0106. The Morgan fingerprint density at radius 3 is 2.85 bits per heavy atom. The SMILES string of the molecule is CC1CC1C(=O)OCC(=O)N1CCCc2ccccc21. The number of carbonyl (C=O) groups is 2. The first kappa shape index (κ1) is 13.2. The van der Waals surface area contributed by atoms with E-state index in [1.165, 1.54) is 5.56 Å². The fourth-order valence-corrected chi connectivity index (χ4v) is 2.76. The van der Waals surface area contributed by atoms with Crippen LogP contribution in [-0.2, 0) is 20.7 Å². The Bertz CT molecular complexity index is 540. The molecule has 4 nitrogen and oxygen atoms in total. The molecule has 0 radical (unpaired) electrons. The Kier molecular flexibility index (Phi) is 3.47. The summed E-state index contributed by atoms with van der Waals surface area (Å²) in [5.74, 6) is 0.0692. The molecule has 1 aromatic rings. The zero-order chi connectivity index (χ0) is 14.1. The molecule has 20 heavy (non-hydrogen) atoms. The Balaban J connectivity index is 1.62. The molecule has 1 aliphatic carbocycles. The van der Waals surface area contributed by atoms with E-state index in [0.717, 1.165) is 24.9 Å². The minimum atomic E-state index is -0.226. The number of benzene rings is 1. The van der Waals surface area contributed by atoms with Crippen LogP contribution in [0.25, 0.3) is 0 Å². The van der Waals surface area contributed by atoms with Gasteiger partial charge >= 0.3 is 5.97 Å². The van der Waals surface area contributed by atoms with Crippen molar-refractivity contribution in [2.45, 2.75) is 26.2 Å². The van der Waals surface area contributed by atoms with E-state index >= 15 is 0 Å². The second kappa shape index (κ2) is 5.27. The first-order valence-electron chi connectivity index (χ1n) is 7.21. The molecule has 1 aromatic carbocycles. The zero-order valence-electron chi connectivity index (χ0n) is 11.7. The molecule has 0 N–H and O–H groups in total. The van der Waals surface area contributed by atoms with Gasteiger partial charge in [-0.15, -0.1) is 0 Å². The summed E-state index contributed by atoms with van der Waals surface area (Å²) in [7, 11) is 0. The van der Waals surface area contributed by atoms with Crippen molar-refractivity contribution in [2.24, 2.45) is 11.8 Å². The molecule has 4 heteroatoms. The molecule has 0 aromatic heterocycles. The van der Waals surface area contributed by atoms with Gasteiger partial charge in [-0.2, -0.15) is 0 Å². The molecule has 1 aliphatic heterocycles. The number of anilines is 1. The molecular formula is C16H19NO3. The van der Waals surface area contributed by atoms with E-state index in [1.807, 2.05) is 31.2 Å². The Labute approximate surface area is 118 Å². The van der Waals surface area contributed by atoms with Gasteiger partial charge in [-0.1, -0.05) is 25.1 Å². The summed E-state index contributed by atoms with van der Waals surface area (Å²) in [5, 5.41) is 0. The molecular weight excluding hydrogens is 254 g/mol. The smallest absolute Gasteiger partial charge is 0.309 e. The number of para-hydroxylation sites is 1. The van der Waals surface area contributed by atoms with Crippen LogP contribution in [-0.4, -0.2) is 25.0 Å². The number of ether oxygens (including phenoxy) is 1. The van der Waals surface area contributed by atoms with Gasteiger partial charge in [0.15, 0.2) is 6.61 Å². The maximum atomic E-state index is 12.2. The predicted molar refractivity (Wildman–Crippen MR) is 75.3 cm³/mol. The van der Waals surface area contributed by atoms with Crippen LogP contribution < -0.4 is 4.90 Å². The lowest BCUT2D eigenvalue weighted by molar-refractivity contribution is -0.149. The van der Waals surface area contributed by atoms with Crippen molar-refractivity contribution in [3.8, 4) is 0 Å². The third-order valence-electron chi connectivity index (χ3n) is 4.16. The third kappa shape index (κ3) is 2.55. The van der Waals surface area contributed by atoms with Gasteiger partial charge in [0.2, 0.25) is 0 Å². The van der Waals surface area contributed by atoms with Crippen LogP contribution >= 0.6 is 0 Å². The fourth-order valence-electron chi connectivity index (χ4n) is 2.76. The highest BCUT2D eigenvalue weighted by Gasteiger charge is 2.40. The number of carbonyl (C=O) groups excluding carboxylic acids is 2. The van der Waals surface area contributed by atoms with Gasteiger partial charge in [-0.05, 0) is 36.8 Å². The van der Waals surface area contributed by atoms with Crippen LogP contribution in [0.15, 0.2) is 24.3 Å². The van der Waals surface area contributed by atoms with E-state index in [2.05, 4.69) is 0 Å². The molecule has 0 spiro atoms. The van der Waals surface area contributed by atoms with E-state index < -0.39 is 0 Å². The highest BCUT2D eigenvalue weighted by atomic mass is 16.5. The maximum Gasteiger partial charge on any atom is 0.309 e. The fraction of sp³-hybridized carbons (Fsp3) is 0.500. The minimum Gasteiger partial charge on any atom is -0.455 e. The van der Waals surface area contributed by atoms with Crippen LogP contribution in [0.2, 0.25) is 0 Å². The number of amides is 1. The van der Waals surface area contributed by atoms with Crippen molar-refractivity contribution < 1.29 is 14.3 Å². The van der Waals surface area contributed by atoms with Crippen molar-refractivity contribution in [1.82, 2.24) is 0 Å². The van der Waals surface area contributed by atoms with E-state index in [1.54, 1.807) is 4.90 Å². The van der Waals surface area contributed by atoms with Gasteiger partial charge in [0.1, 0.15) is 0 Å². The first-order valence-corrected chi connectivity index (χ1v) is 7.21. The number of rotatable bonds is 3. The average Bonchev–Trinajstić information content (AvgIpc) is 3.21. The second-order valence-corrected chi connectivity index (χ2v) is 5.70.